The van der Waals surface area contributed by atoms with E-state index in [4.69, 9.17) is 4.42 Å². The summed E-state index contributed by atoms with van der Waals surface area (Å²) in [6.07, 6.45) is 2.36. The molecule has 0 unspecified atom stereocenters. The molecule has 1 aromatic carbocycles. The molecule has 1 aromatic heterocycles. The summed E-state index contributed by atoms with van der Waals surface area (Å²) in [6, 6.07) is 8.21. The molecule has 5 nitrogen and oxygen atoms in total. The van der Waals surface area contributed by atoms with Crippen LogP contribution in [0.25, 0.3) is 11.1 Å². The molecular formula is C15H21N3O2. The summed E-state index contributed by atoms with van der Waals surface area (Å²) in [4.78, 5) is 14.3. The van der Waals surface area contributed by atoms with E-state index < -0.39 is 0 Å². The number of para-hydroxylation sites is 2. The molecule has 1 N–H and O–H groups in total. The molecule has 2 heterocycles. The third-order valence-electron chi connectivity index (χ3n) is 4.18. The summed E-state index contributed by atoms with van der Waals surface area (Å²) in [5.74, 6) is -0.259. The van der Waals surface area contributed by atoms with E-state index in [2.05, 4.69) is 17.3 Å². The number of rotatable bonds is 4. The molecule has 1 saturated heterocycles. The van der Waals surface area contributed by atoms with Gasteiger partial charge >= 0.3 is 5.76 Å². The van der Waals surface area contributed by atoms with E-state index in [9.17, 15) is 4.79 Å². The maximum atomic E-state index is 11.9. The smallest absolute Gasteiger partial charge is 0.408 e. The van der Waals surface area contributed by atoms with Gasteiger partial charge < -0.3 is 14.6 Å². The quantitative estimate of drug-likeness (QED) is 0.913. The van der Waals surface area contributed by atoms with Gasteiger partial charge in [-0.15, -0.1) is 0 Å². The van der Waals surface area contributed by atoms with E-state index in [1.807, 2.05) is 24.3 Å². The van der Waals surface area contributed by atoms with Crippen LogP contribution in [-0.2, 0) is 6.54 Å². The largest absolute Gasteiger partial charge is 0.419 e. The lowest BCUT2D eigenvalue weighted by molar-refractivity contribution is 0.192. The highest BCUT2D eigenvalue weighted by Crippen LogP contribution is 2.13. The van der Waals surface area contributed by atoms with Crippen molar-refractivity contribution in [1.82, 2.24) is 14.8 Å². The lowest BCUT2D eigenvalue weighted by Gasteiger charge is -2.31. The van der Waals surface area contributed by atoms with Crippen LogP contribution in [0.15, 0.2) is 33.5 Å². The zero-order chi connectivity index (χ0) is 13.9. The van der Waals surface area contributed by atoms with E-state index in [0.29, 0.717) is 18.2 Å². The van der Waals surface area contributed by atoms with E-state index in [-0.39, 0.29) is 5.76 Å². The fraction of sp³-hybridized carbons (Fsp3) is 0.533. The number of hydrogen-bond acceptors (Lipinski definition) is 4. The van der Waals surface area contributed by atoms with E-state index in [0.717, 1.165) is 25.2 Å². The number of hydrogen-bond donors (Lipinski definition) is 1. The second-order valence-electron chi connectivity index (χ2n) is 5.45. The average Bonchev–Trinajstić information content (AvgIpc) is 2.81. The van der Waals surface area contributed by atoms with Gasteiger partial charge in [-0.1, -0.05) is 12.1 Å². The minimum Gasteiger partial charge on any atom is -0.408 e. The van der Waals surface area contributed by atoms with Gasteiger partial charge in [0, 0.05) is 19.1 Å². The van der Waals surface area contributed by atoms with Gasteiger partial charge in [-0.05, 0) is 45.1 Å². The first-order valence-electron chi connectivity index (χ1n) is 7.25. The topological polar surface area (TPSA) is 50.4 Å². The highest BCUT2D eigenvalue weighted by molar-refractivity contribution is 5.72. The number of oxazole rings is 1. The molecule has 0 amide bonds. The second kappa shape index (κ2) is 5.81. The molecular weight excluding hydrogens is 254 g/mol. The predicted molar refractivity (Wildman–Crippen MR) is 79.0 cm³/mol. The Morgan fingerprint density at radius 3 is 2.90 bits per heavy atom. The van der Waals surface area contributed by atoms with E-state index in [1.165, 1.54) is 12.8 Å². The summed E-state index contributed by atoms with van der Waals surface area (Å²) >= 11 is 0. The Morgan fingerprint density at radius 1 is 1.35 bits per heavy atom. The normalized spacial score (nSPS) is 17.1. The van der Waals surface area contributed by atoms with Crippen molar-refractivity contribution in [3.8, 4) is 0 Å². The molecule has 0 bridgehead atoms. The first-order chi connectivity index (χ1) is 9.75. The highest BCUT2D eigenvalue weighted by Gasteiger charge is 2.18. The molecule has 20 heavy (non-hydrogen) atoms. The van der Waals surface area contributed by atoms with Gasteiger partial charge in [-0.25, -0.2) is 4.79 Å². The maximum absolute atomic E-state index is 11.9. The van der Waals surface area contributed by atoms with Crippen LogP contribution in [0, 0.1) is 0 Å². The minimum absolute atomic E-state index is 0.259. The lowest BCUT2D eigenvalue weighted by atomic mass is 10.1. The maximum Gasteiger partial charge on any atom is 0.419 e. The van der Waals surface area contributed by atoms with Crippen molar-refractivity contribution in [2.45, 2.75) is 25.4 Å². The monoisotopic (exact) mass is 275 g/mol. The number of fused-ring (bicyclic) bond motifs is 1. The molecule has 1 aliphatic heterocycles. The Bertz CT molecular complexity index is 625. The number of likely N-dealkylation sites (N-methyl/N-ethyl adjacent to an activating group) is 1. The minimum atomic E-state index is -0.259. The Hall–Kier alpha value is -1.59. The summed E-state index contributed by atoms with van der Waals surface area (Å²) in [6.45, 7) is 3.72. The SMILES string of the molecule is CN(CCn1c(=O)oc2ccccc21)C1CCNCC1. The molecule has 5 heteroatoms. The van der Waals surface area contributed by atoms with Crippen molar-refractivity contribution < 1.29 is 4.42 Å². The van der Waals surface area contributed by atoms with Gasteiger partial charge in [0.1, 0.15) is 0 Å². The van der Waals surface area contributed by atoms with Gasteiger partial charge in [0.05, 0.1) is 5.52 Å². The zero-order valence-corrected chi connectivity index (χ0v) is 11.8. The van der Waals surface area contributed by atoms with Gasteiger partial charge in [-0.2, -0.15) is 0 Å². The Morgan fingerprint density at radius 2 is 2.10 bits per heavy atom. The highest BCUT2D eigenvalue weighted by atomic mass is 16.4. The van der Waals surface area contributed by atoms with Crippen LogP contribution >= 0.6 is 0 Å². The van der Waals surface area contributed by atoms with E-state index >= 15 is 0 Å². The zero-order valence-electron chi connectivity index (χ0n) is 11.8. The molecule has 1 fully saturated rings. The third-order valence-corrected chi connectivity index (χ3v) is 4.18. The van der Waals surface area contributed by atoms with Crippen LogP contribution < -0.4 is 11.1 Å². The predicted octanol–water partition coefficient (Wildman–Crippen LogP) is 1.28. The van der Waals surface area contributed by atoms with Gasteiger partial charge in [0.25, 0.3) is 0 Å². The van der Waals surface area contributed by atoms with Crippen LogP contribution in [-0.4, -0.2) is 42.2 Å². The molecule has 1 aliphatic rings. The van der Waals surface area contributed by atoms with Crippen LogP contribution in [0.5, 0.6) is 0 Å². The van der Waals surface area contributed by atoms with Gasteiger partial charge in [-0.3, -0.25) is 4.57 Å². The average molecular weight is 275 g/mol. The molecule has 0 radical (unpaired) electrons. The number of nitrogens with one attached hydrogen (secondary N) is 1. The molecule has 0 spiro atoms. The third kappa shape index (κ3) is 2.64. The number of benzene rings is 1. The van der Waals surface area contributed by atoms with Crippen LogP contribution in [0.2, 0.25) is 0 Å². The van der Waals surface area contributed by atoms with E-state index in [1.54, 1.807) is 4.57 Å². The van der Waals surface area contributed by atoms with Crippen LogP contribution in [0.3, 0.4) is 0 Å². The van der Waals surface area contributed by atoms with Gasteiger partial charge in [0.15, 0.2) is 5.58 Å². The molecule has 108 valence electrons. The van der Waals surface area contributed by atoms with Crippen molar-refractivity contribution in [2.24, 2.45) is 0 Å². The first-order valence-corrected chi connectivity index (χ1v) is 7.25. The number of aromatic nitrogens is 1. The van der Waals surface area contributed by atoms with Crippen molar-refractivity contribution in [3.05, 3.63) is 34.8 Å². The number of nitrogens with zero attached hydrogens (tertiary/aromatic N) is 2. The van der Waals surface area contributed by atoms with Crippen LogP contribution in [0.4, 0.5) is 0 Å². The Kier molecular flexibility index (Phi) is 3.89. The van der Waals surface area contributed by atoms with Crippen molar-refractivity contribution in [1.29, 1.82) is 0 Å². The first kappa shape index (κ1) is 13.4. The second-order valence-corrected chi connectivity index (χ2v) is 5.45. The van der Waals surface area contributed by atoms with Crippen molar-refractivity contribution in [3.63, 3.8) is 0 Å². The summed E-state index contributed by atoms with van der Waals surface area (Å²) in [7, 11) is 2.14. The summed E-state index contributed by atoms with van der Waals surface area (Å²) in [5.41, 5.74) is 1.55. The van der Waals surface area contributed by atoms with Crippen molar-refractivity contribution in [2.75, 3.05) is 26.7 Å². The van der Waals surface area contributed by atoms with Crippen LogP contribution in [0.1, 0.15) is 12.8 Å². The Balaban J connectivity index is 1.70. The summed E-state index contributed by atoms with van der Waals surface area (Å²) < 4.78 is 6.98. The fourth-order valence-electron chi connectivity index (χ4n) is 2.91. The van der Waals surface area contributed by atoms with Gasteiger partial charge in [0.2, 0.25) is 0 Å². The molecule has 0 saturated carbocycles. The standard InChI is InChI=1S/C15H21N3O2/c1-17(12-6-8-16-9-7-12)10-11-18-13-4-2-3-5-14(13)20-15(18)19/h2-5,12,16H,6-11H2,1H3. The molecule has 0 atom stereocenters. The lowest BCUT2D eigenvalue weighted by Crippen LogP contribution is -2.42. The Labute approximate surface area is 118 Å². The molecule has 2 aromatic rings. The summed E-state index contributed by atoms with van der Waals surface area (Å²) in [5, 5.41) is 3.38. The van der Waals surface area contributed by atoms with Crippen molar-refractivity contribution >= 4 is 11.1 Å². The molecule has 0 aliphatic carbocycles. The molecule has 3 rings (SSSR count). The fourth-order valence-corrected chi connectivity index (χ4v) is 2.91. The number of piperidine rings is 1.